The summed E-state index contributed by atoms with van der Waals surface area (Å²) in [6.07, 6.45) is 0. The van der Waals surface area contributed by atoms with E-state index in [2.05, 4.69) is 10.1 Å². The molecule has 0 spiro atoms. The van der Waals surface area contributed by atoms with Gasteiger partial charge in [0, 0.05) is 25.3 Å². The third-order valence-electron chi connectivity index (χ3n) is 4.43. The van der Waals surface area contributed by atoms with Crippen molar-refractivity contribution in [3.63, 3.8) is 0 Å². The molecular weight excluding hydrogens is 436 g/mol. The first-order valence-corrected chi connectivity index (χ1v) is 10.9. The molecule has 0 aliphatic heterocycles. The number of benzene rings is 2. The number of nitrogens with one attached hydrogen (secondary N) is 1. The first kappa shape index (κ1) is 23.0. The molecule has 3 aromatic rings. The number of carbonyl (C=O) groups is 2. The van der Waals surface area contributed by atoms with Crippen molar-refractivity contribution < 1.29 is 31.9 Å². The maximum absolute atomic E-state index is 12.4. The van der Waals surface area contributed by atoms with Gasteiger partial charge in [0.15, 0.2) is 0 Å². The largest absolute Gasteiger partial charge is 0.486 e. The quantitative estimate of drug-likeness (QED) is 0.516. The molecular formula is C22H22N2O7S. The molecule has 0 aliphatic carbocycles. The van der Waals surface area contributed by atoms with E-state index in [4.69, 9.17) is 9.15 Å². The van der Waals surface area contributed by atoms with Gasteiger partial charge in [0.25, 0.3) is 15.9 Å². The summed E-state index contributed by atoms with van der Waals surface area (Å²) < 4.78 is 40.7. The number of esters is 1. The zero-order chi connectivity index (χ0) is 23.3. The number of furan rings is 1. The van der Waals surface area contributed by atoms with Gasteiger partial charge in [-0.1, -0.05) is 0 Å². The lowest BCUT2D eigenvalue weighted by Crippen LogP contribution is -2.21. The summed E-state index contributed by atoms with van der Waals surface area (Å²) in [5.74, 6) is 0.0514. The first-order valence-electron chi connectivity index (χ1n) is 9.44. The number of anilines is 1. The molecule has 10 heteroatoms. The molecule has 0 atom stereocenters. The fourth-order valence-corrected chi connectivity index (χ4v) is 3.43. The monoisotopic (exact) mass is 458 g/mol. The van der Waals surface area contributed by atoms with Gasteiger partial charge in [-0.15, -0.1) is 0 Å². The maximum atomic E-state index is 12.4. The van der Waals surface area contributed by atoms with Crippen LogP contribution in [0.4, 0.5) is 5.69 Å². The van der Waals surface area contributed by atoms with Gasteiger partial charge in [0.2, 0.25) is 5.09 Å². The van der Waals surface area contributed by atoms with Crippen molar-refractivity contribution in [2.24, 2.45) is 0 Å². The zero-order valence-corrected chi connectivity index (χ0v) is 18.5. The number of methoxy groups -OCH3 is 1. The second-order valence-corrected chi connectivity index (χ2v) is 8.93. The number of nitrogens with zero attached hydrogens (tertiary/aromatic N) is 1. The normalized spacial score (nSPS) is 11.2. The third kappa shape index (κ3) is 5.34. The Morgan fingerprint density at radius 1 is 0.938 bits per heavy atom. The van der Waals surface area contributed by atoms with Gasteiger partial charge in [-0.3, -0.25) is 4.79 Å². The Hall–Kier alpha value is -3.63. The molecule has 1 amide bonds. The van der Waals surface area contributed by atoms with Gasteiger partial charge in [-0.05, 0) is 60.7 Å². The molecule has 0 bridgehead atoms. The maximum Gasteiger partial charge on any atom is 0.337 e. The van der Waals surface area contributed by atoms with E-state index >= 15 is 0 Å². The summed E-state index contributed by atoms with van der Waals surface area (Å²) >= 11 is 0. The smallest absolute Gasteiger partial charge is 0.337 e. The fourth-order valence-electron chi connectivity index (χ4n) is 2.62. The van der Waals surface area contributed by atoms with Crippen LogP contribution in [0.2, 0.25) is 0 Å². The topological polar surface area (TPSA) is 115 Å². The van der Waals surface area contributed by atoms with Crippen LogP contribution in [0.15, 0.2) is 70.2 Å². The molecule has 32 heavy (non-hydrogen) atoms. The van der Waals surface area contributed by atoms with Gasteiger partial charge in [-0.25, -0.2) is 17.5 Å². The minimum absolute atomic E-state index is 0.0288. The van der Waals surface area contributed by atoms with Crippen molar-refractivity contribution in [1.29, 1.82) is 0 Å². The minimum Gasteiger partial charge on any atom is -0.486 e. The van der Waals surface area contributed by atoms with E-state index in [0.717, 1.165) is 4.31 Å². The van der Waals surface area contributed by atoms with Crippen molar-refractivity contribution in [3.05, 3.63) is 77.6 Å². The van der Waals surface area contributed by atoms with Crippen molar-refractivity contribution in [2.45, 2.75) is 11.7 Å². The highest BCUT2D eigenvalue weighted by Crippen LogP contribution is 2.20. The Labute approximate surface area is 185 Å². The Morgan fingerprint density at radius 2 is 1.56 bits per heavy atom. The molecule has 0 unspecified atom stereocenters. The zero-order valence-electron chi connectivity index (χ0n) is 17.7. The van der Waals surface area contributed by atoms with Crippen molar-refractivity contribution >= 4 is 27.6 Å². The van der Waals surface area contributed by atoms with Gasteiger partial charge in [0.1, 0.15) is 18.1 Å². The fraction of sp³-hybridized carbons (Fsp3) is 0.182. The van der Waals surface area contributed by atoms with E-state index in [1.54, 1.807) is 48.5 Å². The number of sulfonamides is 1. The van der Waals surface area contributed by atoms with Gasteiger partial charge >= 0.3 is 5.97 Å². The predicted octanol–water partition coefficient (Wildman–Crippen LogP) is 3.15. The highest BCUT2D eigenvalue weighted by atomic mass is 32.2. The number of carbonyl (C=O) groups excluding carboxylic acids is 2. The third-order valence-corrected chi connectivity index (χ3v) is 6.12. The molecule has 1 heterocycles. The van der Waals surface area contributed by atoms with Crippen LogP contribution in [0, 0.1) is 0 Å². The molecule has 9 nitrogen and oxygen atoms in total. The summed E-state index contributed by atoms with van der Waals surface area (Å²) in [7, 11) is 0.494. The van der Waals surface area contributed by atoms with E-state index in [1.165, 1.54) is 33.3 Å². The average molecular weight is 458 g/mol. The molecule has 0 saturated carbocycles. The molecule has 2 aromatic carbocycles. The van der Waals surface area contributed by atoms with E-state index in [1.807, 2.05) is 0 Å². The van der Waals surface area contributed by atoms with Gasteiger partial charge in [-0.2, -0.15) is 0 Å². The van der Waals surface area contributed by atoms with Crippen LogP contribution in [0.3, 0.4) is 0 Å². The predicted molar refractivity (Wildman–Crippen MR) is 116 cm³/mol. The van der Waals surface area contributed by atoms with Crippen LogP contribution >= 0.6 is 0 Å². The molecule has 1 aromatic heterocycles. The summed E-state index contributed by atoms with van der Waals surface area (Å²) in [4.78, 5) is 23.9. The Morgan fingerprint density at radius 3 is 2.16 bits per heavy atom. The number of ether oxygens (including phenoxy) is 2. The van der Waals surface area contributed by atoms with Gasteiger partial charge < -0.3 is 19.2 Å². The highest BCUT2D eigenvalue weighted by molar-refractivity contribution is 7.88. The van der Waals surface area contributed by atoms with Crippen LogP contribution < -0.4 is 10.1 Å². The van der Waals surface area contributed by atoms with Crippen LogP contribution in [0.25, 0.3) is 0 Å². The lowest BCUT2D eigenvalue weighted by molar-refractivity contribution is 0.0600. The Bertz CT molecular complexity index is 1200. The molecule has 168 valence electrons. The van der Waals surface area contributed by atoms with Crippen molar-refractivity contribution in [2.75, 3.05) is 26.5 Å². The lowest BCUT2D eigenvalue weighted by Gasteiger charge is -2.09. The van der Waals surface area contributed by atoms with Crippen LogP contribution in [0.1, 0.15) is 26.5 Å². The number of hydrogen-bond donors (Lipinski definition) is 1. The standard InChI is InChI=1S/C22H22N2O7S/c1-24(2)32(27,28)20-13-12-19(31-20)14-30-18-10-6-15(7-11-18)21(25)23-17-8-4-16(5-9-17)22(26)29-3/h4-13H,14H2,1-3H3,(H,23,25). The second-order valence-electron chi connectivity index (χ2n) is 6.84. The molecule has 0 radical (unpaired) electrons. The van der Waals surface area contributed by atoms with Crippen molar-refractivity contribution in [1.82, 2.24) is 4.31 Å². The molecule has 0 fully saturated rings. The molecule has 3 rings (SSSR count). The highest BCUT2D eigenvalue weighted by Gasteiger charge is 2.21. The van der Waals surface area contributed by atoms with Crippen molar-refractivity contribution in [3.8, 4) is 5.75 Å². The van der Waals surface area contributed by atoms with E-state index in [-0.39, 0.29) is 17.6 Å². The van der Waals surface area contributed by atoms with Crippen LogP contribution in [-0.4, -0.2) is 45.8 Å². The molecule has 0 saturated heterocycles. The minimum atomic E-state index is -3.64. The Balaban J connectivity index is 1.57. The number of rotatable bonds is 8. The van der Waals surface area contributed by atoms with Gasteiger partial charge in [0.05, 0.1) is 12.7 Å². The first-order chi connectivity index (χ1) is 15.2. The lowest BCUT2D eigenvalue weighted by atomic mass is 10.1. The van der Waals surface area contributed by atoms with E-state index in [0.29, 0.717) is 28.3 Å². The van der Waals surface area contributed by atoms with Crippen LogP contribution in [-0.2, 0) is 21.4 Å². The molecule has 1 N–H and O–H groups in total. The summed E-state index contributed by atoms with van der Waals surface area (Å²) in [6.45, 7) is 0.0288. The van der Waals surface area contributed by atoms with E-state index < -0.39 is 16.0 Å². The average Bonchev–Trinajstić information content (AvgIpc) is 3.28. The van der Waals surface area contributed by atoms with E-state index in [9.17, 15) is 18.0 Å². The number of amides is 1. The molecule has 0 aliphatic rings. The summed E-state index contributed by atoms with van der Waals surface area (Å²) in [5, 5.41) is 2.58. The number of hydrogen-bond acceptors (Lipinski definition) is 7. The second kappa shape index (κ2) is 9.67. The summed E-state index contributed by atoms with van der Waals surface area (Å²) in [6, 6.07) is 15.7. The van der Waals surface area contributed by atoms with Crippen LogP contribution in [0.5, 0.6) is 5.75 Å². The Kier molecular flexibility index (Phi) is 6.96. The summed E-state index contributed by atoms with van der Waals surface area (Å²) in [5.41, 5.74) is 1.33. The SMILES string of the molecule is COC(=O)c1ccc(NC(=O)c2ccc(OCc3ccc(S(=O)(=O)N(C)C)o3)cc2)cc1.